The van der Waals surface area contributed by atoms with Crippen LogP contribution in [0.25, 0.3) is 35.2 Å². The van der Waals surface area contributed by atoms with E-state index in [0.29, 0.717) is 19.4 Å². The van der Waals surface area contributed by atoms with Gasteiger partial charge in [0.25, 0.3) is 10.1 Å². The van der Waals surface area contributed by atoms with Crippen LogP contribution >= 0.6 is 11.3 Å². The summed E-state index contributed by atoms with van der Waals surface area (Å²) in [7, 11) is -2.31. The molecule has 0 aliphatic heterocycles. The van der Waals surface area contributed by atoms with Crippen LogP contribution in [-0.4, -0.2) is 38.9 Å². The summed E-state index contributed by atoms with van der Waals surface area (Å²) in [6.45, 7) is 7.34. The van der Waals surface area contributed by atoms with Gasteiger partial charge in [-0.1, -0.05) is 44.9 Å². The van der Waals surface area contributed by atoms with Crippen LogP contribution in [0.15, 0.2) is 66.7 Å². The fourth-order valence-electron chi connectivity index (χ4n) is 5.15. The molecule has 4 aromatic rings. The van der Waals surface area contributed by atoms with E-state index in [1.54, 1.807) is 18.4 Å². The third-order valence-electron chi connectivity index (χ3n) is 7.63. The number of unbranched alkanes of at least 4 members (excludes halogenated alkanes) is 3. The lowest BCUT2D eigenvalue weighted by Crippen LogP contribution is -2.38. The van der Waals surface area contributed by atoms with Gasteiger partial charge in [-0.2, -0.15) is 13.0 Å². The van der Waals surface area contributed by atoms with Gasteiger partial charge in [0, 0.05) is 53.2 Å². The summed E-state index contributed by atoms with van der Waals surface area (Å²) in [6.07, 6.45) is 14.4. The lowest BCUT2D eigenvalue weighted by atomic mass is 10.1. The Bertz CT molecular complexity index is 1650. The van der Waals surface area contributed by atoms with Crippen LogP contribution in [0.3, 0.4) is 0 Å². The molecule has 44 heavy (non-hydrogen) atoms. The molecule has 2 heterocycles. The molecule has 2 aromatic carbocycles. The van der Waals surface area contributed by atoms with Crippen molar-refractivity contribution in [3.63, 3.8) is 0 Å². The fourth-order valence-corrected chi connectivity index (χ4v) is 6.54. The number of thiophene rings is 1. The van der Waals surface area contributed by atoms with Crippen molar-refractivity contribution in [3.05, 3.63) is 87.7 Å². The van der Waals surface area contributed by atoms with Crippen LogP contribution in [0.4, 0.5) is 5.69 Å². The first-order valence-corrected chi connectivity index (χ1v) is 18.0. The molecule has 0 saturated heterocycles. The second-order valence-corrected chi connectivity index (χ2v) is 13.7. The molecule has 0 aliphatic carbocycles. The molecule has 4 rings (SSSR count). The quantitative estimate of drug-likeness (QED) is 0.0716. The number of aromatic nitrogens is 1. The maximum atomic E-state index is 11.2. The van der Waals surface area contributed by atoms with Crippen molar-refractivity contribution >= 4 is 62.3 Å². The smallest absolute Gasteiger partial charge is 0.264 e. The molecule has 8 heteroatoms. The number of rotatable bonds is 17. The zero-order chi connectivity index (χ0) is 31.4. The van der Waals surface area contributed by atoms with Crippen LogP contribution < -0.4 is 14.2 Å². The minimum atomic E-state index is -3.96. The van der Waals surface area contributed by atoms with Gasteiger partial charge < -0.3 is 9.64 Å². The normalized spacial score (nSPS) is 12.1. The minimum Gasteiger partial charge on any atom is -0.497 e. The van der Waals surface area contributed by atoms with Gasteiger partial charge in [-0.25, -0.2) is 0 Å². The second kappa shape index (κ2) is 16.6. The molecule has 0 unspecified atom stereocenters. The van der Waals surface area contributed by atoms with E-state index in [1.807, 2.05) is 18.2 Å². The number of benzene rings is 2. The van der Waals surface area contributed by atoms with Crippen molar-refractivity contribution in [3.8, 4) is 5.75 Å². The number of fused-ring (bicyclic) bond motifs is 1. The molecule has 0 spiro atoms. The zero-order valence-corrected chi connectivity index (χ0v) is 27.7. The van der Waals surface area contributed by atoms with E-state index in [4.69, 9.17) is 9.29 Å². The van der Waals surface area contributed by atoms with Crippen molar-refractivity contribution in [1.82, 2.24) is 0 Å². The van der Waals surface area contributed by atoms with Crippen LogP contribution in [0.5, 0.6) is 5.75 Å². The first kappa shape index (κ1) is 33.4. The Morgan fingerprint density at radius 3 is 2.14 bits per heavy atom. The van der Waals surface area contributed by atoms with Crippen molar-refractivity contribution in [2.24, 2.45) is 0 Å². The van der Waals surface area contributed by atoms with Gasteiger partial charge in [-0.15, -0.1) is 11.3 Å². The van der Waals surface area contributed by atoms with E-state index in [0.717, 1.165) is 40.3 Å². The molecule has 6 nitrogen and oxygen atoms in total. The summed E-state index contributed by atoms with van der Waals surface area (Å²) < 4.78 is 39.1. The van der Waals surface area contributed by atoms with Crippen molar-refractivity contribution in [2.45, 2.75) is 58.9 Å². The van der Waals surface area contributed by atoms with Crippen LogP contribution in [0, 0.1) is 0 Å². The van der Waals surface area contributed by atoms with Crippen LogP contribution in [0.2, 0.25) is 0 Å². The van der Waals surface area contributed by atoms with E-state index in [9.17, 15) is 8.42 Å². The van der Waals surface area contributed by atoms with Gasteiger partial charge in [-0.05, 0) is 79.4 Å². The van der Waals surface area contributed by atoms with Crippen LogP contribution in [0.1, 0.15) is 73.4 Å². The molecule has 0 fully saturated rings. The van der Waals surface area contributed by atoms with Gasteiger partial charge in [-0.3, -0.25) is 4.55 Å². The molecule has 0 atom stereocenters. The molecule has 0 aliphatic rings. The second-order valence-electron chi connectivity index (χ2n) is 11.0. The number of hydrogen-bond acceptors (Lipinski definition) is 5. The summed E-state index contributed by atoms with van der Waals surface area (Å²) in [4.78, 5) is 4.84. The van der Waals surface area contributed by atoms with Gasteiger partial charge in [0.2, 0.25) is 11.2 Å². The predicted molar refractivity (Wildman–Crippen MR) is 187 cm³/mol. The number of methoxy groups -OCH3 is 1. The van der Waals surface area contributed by atoms with E-state index >= 15 is 0 Å². The van der Waals surface area contributed by atoms with E-state index in [1.165, 1.54) is 41.8 Å². The Labute approximate surface area is 267 Å². The molecule has 234 valence electrons. The monoisotopic (exact) mass is 633 g/mol. The van der Waals surface area contributed by atoms with Gasteiger partial charge >= 0.3 is 0 Å². The molecule has 1 N–H and O–H groups in total. The SMILES string of the molecule is CCCCN(CCCC)c1ccc(/C=C/c2ccc(/C=C/c3ccc4cc(OC)ccc4[n+]3CCCCS(=O)(=O)O)s2)cc1. The van der Waals surface area contributed by atoms with Gasteiger partial charge in [0.05, 0.1) is 18.2 Å². The maximum absolute atomic E-state index is 11.2. The first-order valence-electron chi connectivity index (χ1n) is 15.6. The summed E-state index contributed by atoms with van der Waals surface area (Å²) in [5.74, 6) is 0.554. The highest BCUT2D eigenvalue weighted by Gasteiger charge is 2.15. The van der Waals surface area contributed by atoms with Gasteiger partial charge in [0.15, 0.2) is 0 Å². The summed E-state index contributed by atoms with van der Waals surface area (Å²) in [5.41, 5.74) is 4.55. The number of anilines is 1. The number of aryl methyl sites for hydroxylation is 1. The summed E-state index contributed by atoms with van der Waals surface area (Å²) in [5, 5.41) is 1.04. The Morgan fingerprint density at radius 2 is 1.50 bits per heavy atom. The van der Waals surface area contributed by atoms with Gasteiger partial charge in [0.1, 0.15) is 12.3 Å². The molecule has 0 saturated carbocycles. The topological polar surface area (TPSA) is 70.7 Å². The van der Waals surface area contributed by atoms with Crippen molar-refractivity contribution < 1.29 is 22.3 Å². The zero-order valence-electron chi connectivity index (χ0n) is 26.1. The maximum Gasteiger partial charge on any atom is 0.264 e. The molecule has 2 aromatic heterocycles. The lowest BCUT2D eigenvalue weighted by Gasteiger charge is -2.24. The lowest BCUT2D eigenvalue weighted by molar-refractivity contribution is -0.673. The third kappa shape index (κ3) is 10.0. The molecule has 0 radical (unpaired) electrons. The largest absolute Gasteiger partial charge is 0.497 e. The van der Waals surface area contributed by atoms with Crippen LogP contribution in [-0.2, 0) is 16.7 Å². The van der Waals surface area contributed by atoms with E-state index in [-0.39, 0.29) is 5.75 Å². The standard InChI is InChI=1S/C36H44N2O4S2/c1-4-6-24-37(25-7-5-2)31-14-10-29(11-15-31)12-19-34-21-22-35(43-34)20-17-32-16-13-30-28-33(42-3)18-23-36(30)38(32)26-8-9-27-44(39,40)41/h10-23,28H,4-9,24-27H2,1-3H3/p+1. The Balaban J connectivity index is 1.47. The third-order valence-corrected chi connectivity index (χ3v) is 9.45. The fraction of sp³-hybridized carbons (Fsp3) is 0.361. The highest BCUT2D eigenvalue weighted by molar-refractivity contribution is 7.85. The Kier molecular flexibility index (Phi) is 12.6. The highest BCUT2D eigenvalue weighted by atomic mass is 32.2. The van der Waals surface area contributed by atoms with E-state index in [2.05, 4.69) is 96.1 Å². The molecule has 0 amide bonds. The highest BCUT2D eigenvalue weighted by Crippen LogP contribution is 2.24. The number of ether oxygens (including phenoxy) is 1. The number of hydrogen-bond donors (Lipinski definition) is 1. The molecule has 0 bridgehead atoms. The number of pyridine rings is 1. The molecular weight excluding hydrogens is 589 g/mol. The number of nitrogens with zero attached hydrogens (tertiary/aromatic N) is 2. The van der Waals surface area contributed by atoms with E-state index < -0.39 is 10.1 Å². The average Bonchev–Trinajstić information content (AvgIpc) is 3.48. The summed E-state index contributed by atoms with van der Waals surface area (Å²) in [6, 6.07) is 23.3. The summed E-state index contributed by atoms with van der Waals surface area (Å²) >= 11 is 1.73. The Morgan fingerprint density at radius 1 is 0.818 bits per heavy atom. The predicted octanol–water partition coefficient (Wildman–Crippen LogP) is 8.61. The van der Waals surface area contributed by atoms with Crippen molar-refractivity contribution in [2.75, 3.05) is 30.9 Å². The average molecular weight is 634 g/mol. The molecular formula is C36H45N2O4S2+. The van der Waals surface area contributed by atoms with Crippen molar-refractivity contribution in [1.29, 1.82) is 0 Å². The Hall–Kier alpha value is -3.46. The first-order chi connectivity index (χ1) is 21.3. The minimum absolute atomic E-state index is 0.233.